The third-order valence-electron chi connectivity index (χ3n) is 4.39. The van der Waals surface area contributed by atoms with Crippen LogP contribution in [-0.4, -0.2) is 22.8 Å². The molecule has 5 nitrogen and oxygen atoms in total. The van der Waals surface area contributed by atoms with E-state index in [-0.39, 0.29) is 17.0 Å². The molecule has 2 aromatic carbocycles. The standard InChI is InChI=1S/C18H11Cl2NO4/c19-9-5-6-10(15(20)7-9)13-8-14(13)18(24)25-21-16(22)11-3-1-2-4-12(11)17(21)23/h1-7,13-14H,8H2. The van der Waals surface area contributed by atoms with E-state index in [4.69, 9.17) is 28.0 Å². The van der Waals surface area contributed by atoms with E-state index in [1.54, 1.807) is 30.3 Å². The molecule has 0 bridgehead atoms. The summed E-state index contributed by atoms with van der Waals surface area (Å²) in [5.41, 5.74) is 1.26. The van der Waals surface area contributed by atoms with E-state index in [1.165, 1.54) is 12.1 Å². The maximum atomic E-state index is 12.3. The van der Waals surface area contributed by atoms with Crippen LogP contribution in [0.15, 0.2) is 42.5 Å². The Morgan fingerprint density at radius 2 is 1.68 bits per heavy atom. The molecule has 0 saturated heterocycles. The summed E-state index contributed by atoms with van der Waals surface area (Å²) in [4.78, 5) is 41.9. The van der Waals surface area contributed by atoms with E-state index >= 15 is 0 Å². The highest BCUT2D eigenvalue weighted by molar-refractivity contribution is 6.35. The van der Waals surface area contributed by atoms with Crippen LogP contribution >= 0.6 is 23.2 Å². The summed E-state index contributed by atoms with van der Waals surface area (Å²) in [7, 11) is 0. The van der Waals surface area contributed by atoms with Crippen LogP contribution in [0.1, 0.15) is 38.6 Å². The van der Waals surface area contributed by atoms with Gasteiger partial charge in [-0.3, -0.25) is 9.59 Å². The van der Waals surface area contributed by atoms with Crippen molar-refractivity contribution in [2.75, 3.05) is 0 Å². The van der Waals surface area contributed by atoms with E-state index in [9.17, 15) is 14.4 Å². The smallest absolute Gasteiger partial charge is 0.329 e. The van der Waals surface area contributed by atoms with E-state index < -0.39 is 23.7 Å². The van der Waals surface area contributed by atoms with Gasteiger partial charge < -0.3 is 4.84 Å². The molecule has 2 amide bonds. The number of hydrogen-bond donors (Lipinski definition) is 0. The molecule has 4 rings (SSSR count). The fourth-order valence-corrected chi connectivity index (χ4v) is 3.56. The Balaban J connectivity index is 1.48. The van der Waals surface area contributed by atoms with Gasteiger partial charge in [-0.25, -0.2) is 4.79 Å². The maximum Gasteiger partial charge on any atom is 0.336 e. The van der Waals surface area contributed by atoms with Gasteiger partial charge in [0.1, 0.15) is 0 Å². The second-order valence-corrected chi connectivity index (χ2v) is 6.82. The Kier molecular flexibility index (Phi) is 3.78. The summed E-state index contributed by atoms with van der Waals surface area (Å²) in [6, 6.07) is 11.4. The lowest BCUT2D eigenvalue weighted by Gasteiger charge is -2.12. The third-order valence-corrected chi connectivity index (χ3v) is 4.96. The quantitative estimate of drug-likeness (QED) is 0.764. The van der Waals surface area contributed by atoms with Gasteiger partial charge in [-0.05, 0) is 42.2 Å². The highest BCUT2D eigenvalue weighted by Gasteiger charge is 2.49. The molecular weight excluding hydrogens is 365 g/mol. The molecule has 7 heteroatoms. The molecule has 1 heterocycles. The lowest BCUT2D eigenvalue weighted by atomic mass is 10.1. The van der Waals surface area contributed by atoms with Gasteiger partial charge in [0.05, 0.1) is 17.0 Å². The van der Waals surface area contributed by atoms with Crippen LogP contribution in [0.5, 0.6) is 0 Å². The number of halogens is 2. The van der Waals surface area contributed by atoms with Crippen molar-refractivity contribution in [3.63, 3.8) is 0 Å². The van der Waals surface area contributed by atoms with Crippen molar-refractivity contribution in [2.45, 2.75) is 12.3 Å². The van der Waals surface area contributed by atoms with Crippen LogP contribution in [0.25, 0.3) is 0 Å². The molecule has 0 radical (unpaired) electrons. The predicted octanol–water partition coefficient (Wildman–Crippen LogP) is 3.85. The normalized spacial score (nSPS) is 21.3. The van der Waals surface area contributed by atoms with Gasteiger partial charge in [0.25, 0.3) is 11.8 Å². The Bertz CT molecular complexity index is 892. The van der Waals surface area contributed by atoms with Crippen LogP contribution < -0.4 is 0 Å². The number of imide groups is 1. The summed E-state index contributed by atoms with van der Waals surface area (Å²) in [5.74, 6) is -2.42. The molecule has 1 aliphatic carbocycles. The van der Waals surface area contributed by atoms with Crippen LogP contribution in [0.2, 0.25) is 10.0 Å². The maximum absolute atomic E-state index is 12.3. The zero-order valence-electron chi connectivity index (χ0n) is 12.7. The molecule has 1 fully saturated rings. The van der Waals surface area contributed by atoms with Crippen molar-refractivity contribution >= 4 is 41.0 Å². The molecule has 2 aliphatic rings. The summed E-state index contributed by atoms with van der Waals surface area (Å²) in [6.45, 7) is 0. The molecule has 0 N–H and O–H groups in total. The topological polar surface area (TPSA) is 63.7 Å². The van der Waals surface area contributed by atoms with E-state index in [0.29, 0.717) is 21.5 Å². The average Bonchev–Trinajstić information content (AvgIpc) is 3.34. The number of fused-ring (bicyclic) bond motifs is 1. The average molecular weight is 376 g/mol. The van der Waals surface area contributed by atoms with Gasteiger partial charge in [0.15, 0.2) is 0 Å². The minimum Gasteiger partial charge on any atom is -0.329 e. The Morgan fingerprint density at radius 1 is 1.04 bits per heavy atom. The number of hydroxylamine groups is 2. The summed E-state index contributed by atoms with van der Waals surface area (Å²) >= 11 is 12.0. The highest BCUT2D eigenvalue weighted by atomic mass is 35.5. The zero-order valence-corrected chi connectivity index (χ0v) is 14.3. The molecular formula is C18H11Cl2NO4. The molecule has 2 atom stereocenters. The monoisotopic (exact) mass is 375 g/mol. The molecule has 25 heavy (non-hydrogen) atoms. The van der Waals surface area contributed by atoms with Crippen LogP contribution in [0.3, 0.4) is 0 Å². The van der Waals surface area contributed by atoms with Gasteiger partial charge >= 0.3 is 5.97 Å². The minimum atomic E-state index is -0.629. The van der Waals surface area contributed by atoms with Gasteiger partial charge in [-0.1, -0.05) is 46.5 Å². The fraction of sp³-hybridized carbons (Fsp3) is 0.167. The van der Waals surface area contributed by atoms with Crippen LogP contribution in [0.4, 0.5) is 0 Å². The third kappa shape index (κ3) is 2.69. The van der Waals surface area contributed by atoms with Crippen LogP contribution in [0, 0.1) is 5.92 Å². The first-order valence-corrected chi connectivity index (χ1v) is 8.37. The SMILES string of the molecule is O=C(ON1C(=O)c2ccccc2C1=O)C1CC1c1ccc(Cl)cc1Cl. The fourth-order valence-electron chi connectivity index (χ4n) is 3.01. The van der Waals surface area contributed by atoms with Crippen molar-refractivity contribution in [3.8, 4) is 0 Å². The summed E-state index contributed by atoms with van der Waals surface area (Å²) < 4.78 is 0. The van der Waals surface area contributed by atoms with Crippen molar-refractivity contribution < 1.29 is 19.2 Å². The molecule has 0 spiro atoms. The Morgan fingerprint density at radius 3 is 2.28 bits per heavy atom. The second kappa shape index (κ2) is 5.86. The zero-order chi connectivity index (χ0) is 17.7. The predicted molar refractivity (Wildman–Crippen MR) is 90.3 cm³/mol. The molecule has 2 aromatic rings. The first-order valence-electron chi connectivity index (χ1n) is 7.62. The molecule has 1 saturated carbocycles. The Labute approximate surface area is 153 Å². The molecule has 0 aromatic heterocycles. The van der Waals surface area contributed by atoms with Crippen molar-refractivity contribution in [2.24, 2.45) is 5.92 Å². The lowest BCUT2D eigenvalue weighted by molar-refractivity contribution is -0.170. The van der Waals surface area contributed by atoms with Gasteiger partial charge in [-0.2, -0.15) is 0 Å². The van der Waals surface area contributed by atoms with Gasteiger partial charge in [0.2, 0.25) is 0 Å². The van der Waals surface area contributed by atoms with Crippen LogP contribution in [-0.2, 0) is 9.63 Å². The first kappa shape index (κ1) is 16.1. The number of carbonyl (C=O) groups excluding carboxylic acids is 3. The second-order valence-electron chi connectivity index (χ2n) is 5.98. The number of rotatable bonds is 3. The number of amides is 2. The van der Waals surface area contributed by atoms with Crippen molar-refractivity contribution in [3.05, 3.63) is 69.2 Å². The number of carbonyl (C=O) groups is 3. The number of hydrogen-bond acceptors (Lipinski definition) is 4. The first-order chi connectivity index (χ1) is 12.0. The highest BCUT2D eigenvalue weighted by Crippen LogP contribution is 2.50. The van der Waals surface area contributed by atoms with E-state index in [1.807, 2.05) is 0 Å². The summed E-state index contributed by atoms with van der Waals surface area (Å²) in [6.07, 6.45) is 0.545. The van der Waals surface area contributed by atoms with E-state index in [2.05, 4.69) is 0 Å². The van der Waals surface area contributed by atoms with Crippen molar-refractivity contribution in [1.29, 1.82) is 0 Å². The van der Waals surface area contributed by atoms with Crippen molar-refractivity contribution in [1.82, 2.24) is 5.06 Å². The molecule has 1 aliphatic heterocycles. The number of benzene rings is 2. The lowest BCUT2D eigenvalue weighted by Crippen LogP contribution is -2.33. The molecule has 2 unspecified atom stereocenters. The van der Waals surface area contributed by atoms with Gasteiger partial charge in [0, 0.05) is 10.0 Å². The summed E-state index contributed by atoms with van der Waals surface area (Å²) in [5, 5.41) is 1.53. The largest absolute Gasteiger partial charge is 0.336 e. The van der Waals surface area contributed by atoms with Gasteiger partial charge in [-0.15, -0.1) is 0 Å². The number of nitrogens with zero attached hydrogens (tertiary/aromatic N) is 1. The van der Waals surface area contributed by atoms with E-state index in [0.717, 1.165) is 5.56 Å². The minimum absolute atomic E-state index is 0.104. The molecule has 126 valence electrons. The Hall–Kier alpha value is -2.37.